The minimum atomic E-state index is -0.188. The van der Waals surface area contributed by atoms with E-state index < -0.39 is 0 Å². The first-order chi connectivity index (χ1) is 16.6. The van der Waals surface area contributed by atoms with Crippen molar-refractivity contribution < 1.29 is 19.1 Å². The molecule has 1 N–H and O–H groups in total. The van der Waals surface area contributed by atoms with Gasteiger partial charge < -0.3 is 19.7 Å². The second-order valence-electron chi connectivity index (χ2n) is 8.39. The van der Waals surface area contributed by atoms with Crippen LogP contribution in [0.2, 0.25) is 0 Å². The molecule has 0 aliphatic carbocycles. The summed E-state index contributed by atoms with van der Waals surface area (Å²) in [5.74, 6) is 1.89. The van der Waals surface area contributed by atoms with Crippen LogP contribution in [0.15, 0.2) is 72.8 Å². The monoisotopic (exact) mass is 474 g/mol. The number of nitrogens with zero attached hydrogens (tertiary/aromatic N) is 1. The van der Waals surface area contributed by atoms with Gasteiger partial charge in [-0.05, 0) is 47.9 Å². The maximum absolute atomic E-state index is 12.9. The van der Waals surface area contributed by atoms with Crippen LogP contribution in [0.3, 0.4) is 0 Å². The summed E-state index contributed by atoms with van der Waals surface area (Å²) in [6.07, 6.45) is 0. The maximum Gasteiger partial charge on any atom is 0.251 e. The summed E-state index contributed by atoms with van der Waals surface area (Å²) in [6, 6.07) is 23.1. The summed E-state index contributed by atoms with van der Waals surface area (Å²) in [6.45, 7) is 3.59. The molecule has 2 aliphatic heterocycles. The van der Waals surface area contributed by atoms with E-state index in [4.69, 9.17) is 9.47 Å². The Morgan fingerprint density at radius 1 is 1.03 bits per heavy atom. The molecule has 0 saturated carbocycles. The van der Waals surface area contributed by atoms with E-state index in [0.29, 0.717) is 36.8 Å². The molecule has 6 nitrogen and oxygen atoms in total. The van der Waals surface area contributed by atoms with Gasteiger partial charge in [0.2, 0.25) is 5.91 Å². The van der Waals surface area contributed by atoms with Crippen LogP contribution in [0.1, 0.15) is 45.4 Å². The fourth-order valence-electron chi connectivity index (χ4n) is 4.17. The molecule has 0 aromatic heterocycles. The number of hydrogen-bond donors (Lipinski definition) is 1. The molecule has 2 atom stereocenters. The quantitative estimate of drug-likeness (QED) is 0.560. The van der Waals surface area contributed by atoms with Crippen molar-refractivity contribution in [3.8, 4) is 11.5 Å². The van der Waals surface area contributed by atoms with E-state index in [-0.39, 0.29) is 23.2 Å². The van der Waals surface area contributed by atoms with E-state index in [2.05, 4.69) is 5.32 Å². The van der Waals surface area contributed by atoms with Gasteiger partial charge in [0, 0.05) is 12.1 Å². The standard InChI is InChI=1S/C27H26N2O4S/c1-18(22-11-12-23-24(15-22)33-14-13-32-23)28-26(31)20-7-9-21(10-8-20)27-29(25(30)17-34-27)16-19-5-3-2-4-6-19/h2-12,15,18,27H,13-14,16-17H2,1H3,(H,28,31)/t18-,27-/m0/s1. The van der Waals surface area contributed by atoms with E-state index in [9.17, 15) is 9.59 Å². The number of ether oxygens (including phenoxy) is 2. The Morgan fingerprint density at radius 2 is 1.76 bits per heavy atom. The highest BCUT2D eigenvalue weighted by atomic mass is 32.2. The zero-order valence-corrected chi connectivity index (χ0v) is 19.7. The highest BCUT2D eigenvalue weighted by Gasteiger charge is 2.32. The molecule has 34 heavy (non-hydrogen) atoms. The number of amides is 2. The van der Waals surface area contributed by atoms with Gasteiger partial charge in [-0.15, -0.1) is 11.8 Å². The van der Waals surface area contributed by atoms with Crippen LogP contribution in [-0.2, 0) is 11.3 Å². The summed E-state index contributed by atoms with van der Waals surface area (Å²) in [7, 11) is 0. The molecule has 0 spiro atoms. The van der Waals surface area contributed by atoms with Crippen molar-refractivity contribution in [1.82, 2.24) is 10.2 Å². The average molecular weight is 475 g/mol. The van der Waals surface area contributed by atoms with Gasteiger partial charge in [0.1, 0.15) is 18.6 Å². The van der Waals surface area contributed by atoms with Crippen LogP contribution in [0, 0.1) is 0 Å². The van der Waals surface area contributed by atoms with Gasteiger partial charge in [-0.25, -0.2) is 0 Å². The Morgan fingerprint density at radius 3 is 2.53 bits per heavy atom. The van der Waals surface area contributed by atoms with Crippen LogP contribution in [-0.4, -0.2) is 35.7 Å². The zero-order valence-electron chi connectivity index (χ0n) is 18.9. The first-order valence-corrected chi connectivity index (χ1v) is 12.4. The van der Waals surface area contributed by atoms with Crippen molar-refractivity contribution in [3.63, 3.8) is 0 Å². The fraction of sp³-hybridized carbons (Fsp3) is 0.259. The van der Waals surface area contributed by atoms with Crippen LogP contribution >= 0.6 is 11.8 Å². The predicted molar refractivity (Wildman–Crippen MR) is 132 cm³/mol. The molecule has 0 bridgehead atoms. The molecule has 174 valence electrons. The highest BCUT2D eigenvalue weighted by Crippen LogP contribution is 2.39. The van der Waals surface area contributed by atoms with Gasteiger partial charge in [-0.2, -0.15) is 0 Å². The third-order valence-corrected chi connectivity index (χ3v) is 7.29. The van der Waals surface area contributed by atoms with Gasteiger partial charge in [-0.1, -0.05) is 48.5 Å². The smallest absolute Gasteiger partial charge is 0.251 e. The van der Waals surface area contributed by atoms with Gasteiger partial charge in [0.15, 0.2) is 11.5 Å². The summed E-state index contributed by atoms with van der Waals surface area (Å²) >= 11 is 1.62. The number of benzene rings is 3. The Balaban J connectivity index is 1.25. The molecule has 1 fully saturated rings. The van der Waals surface area contributed by atoms with E-state index in [1.807, 2.05) is 84.6 Å². The molecule has 3 aromatic rings. The van der Waals surface area contributed by atoms with Crippen molar-refractivity contribution >= 4 is 23.6 Å². The summed E-state index contributed by atoms with van der Waals surface area (Å²) in [5.41, 5.74) is 3.65. The fourth-order valence-corrected chi connectivity index (χ4v) is 5.36. The molecule has 7 heteroatoms. The molecule has 0 radical (unpaired) electrons. The lowest BCUT2D eigenvalue weighted by molar-refractivity contribution is -0.128. The lowest BCUT2D eigenvalue weighted by Crippen LogP contribution is -2.28. The number of carbonyl (C=O) groups is 2. The lowest BCUT2D eigenvalue weighted by Gasteiger charge is -2.24. The van der Waals surface area contributed by atoms with Gasteiger partial charge in [0.25, 0.3) is 5.91 Å². The SMILES string of the molecule is C[C@H](NC(=O)c1ccc([C@@H]2SCC(=O)N2Cc2ccccc2)cc1)c1ccc2c(c1)OCCO2. The van der Waals surface area contributed by atoms with Crippen molar-refractivity contribution in [3.05, 3.63) is 95.1 Å². The molecule has 2 aliphatic rings. The van der Waals surface area contributed by atoms with E-state index in [1.54, 1.807) is 11.8 Å². The highest BCUT2D eigenvalue weighted by molar-refractivity contribution is 8.00. The third kappa shape index (κ3) is 4.75. The second kappa shape index (κ2) is 9.81. The Bertz CT molecular complexity index is 1180. The van der Waals surface area contributed by atoms with E-state index in [1.165, 1.54) is 0 Å². The lowest BCUT2D eigenvalue weighted by atomic mass is 10.1. The van der Waals surface area contributed by atoms with Crippen molar-refractivity contribution in [2.24, 2.45) is 0 Å². The predicted octanol–water partition coefficient (Wildman–Crippen LogP) is 4.72. The molecule has 0 unspecified atom stereocenters. The Labute approximate surface area is 203 Å². The molecule has 2 amide bonds. The third-order valence-electron chi connectivity index (χ3n) is 6.04. The minimum Gasteiger partial charge on any atom is -0.486 e. The number of thioether (sulfide) groups is 1. The molecular weight excluding hydrogens is 448 g/mol. The normalized spacial score (nSPS) is 18.0. The molecule has 2 heterocycles. The molecule has 3 aromatic carbocycles. The molecular formula is C27H26N2O4S. The van der Waals surface area contributed by atoms with Crippen LogP contribution in [0.4, 0.5) is 0 Å². The molecule has 1 saturated heterocycles. The van der Waals surface area contributed by atoms with Crippen LogP contribution in [0.25, 0.3) is 0 Å². The van der Waals surface area contributed by atoms with Gasteiger partial charge >= 0.3 is 0 Å². The van der Waals surface area contributed by atoms with Gasteiger partial charge in [-0.3, -0.25) is 9.59 Å². The second-order valence-corrected chi connectivity index (χ2v) is 9.46. The van der Waals surface area contributed by atoms with Crippen molar-refractivity contribution in [2.45, 2.75) is 24.9 Å². The van der Waals surface area contributed by atoms with Crippen LogP contribution in [0.5, 0.6) is 11.5 Å². The number of fused-ring (bicyclic) bond motifs is 1. The first-order valence-electron chi connectivity index (χ1n) is 11.3. The van der Waals surface area contributed by atoms with Crippen LogP contribution < -0.4 is 14.8 Å². The minimum absolute atomic E-state index is 0.0542. The number of rotatable bonds is 6. The Hall–Kier alpha value is -3.45. The zero-order chi connectivity index (χ0) is 23.5. The largest absolute Gasteiger partial charge is 0.486 e. The Kier molecular flexibility index (Phi) is 6.45. The summed E-state index contributed by atoms with van der Waals surface area (Å²) in [5, 5.41) is 3.00. The number of nitrogens with one attached hydrogen (secondary N) is 1. The van der Waals surface area contributed by atoms with Crippen molar-refractivity contribution in [2.75, 3.05) is 19.0 Å². The number of carbonyl (C=O) groups excluding carboxylic acids is 2. The maximum atomic E-state index is 12.9. The summed E-state index contributed by atoms with van der Waals surface area (Å²) < 4.78 is 11.2. The van der Waals surface area contributed by atoms with Gasteiger partial charge in [0.05, 0.1) is 11.8 Å². The first kappa shape index (κ1) is 22.3. The van der Waals surface area contributed by atoms with E-state index in [0.717, 1.165) is 22.4 Å². The molecule has 5 rings (SSSR count). The number of hydrogen-bond acceptors (Lipinski definition) is 5. The topological polar surface area (TPSA) is 67.9 Å². The van der Waals surface area contributed by atoms with E-state index >= 15 is 0 Å². The van der Waals surface area contributed by atoms with Crippen molar-refractivity contribution in [1.29, 1.82) is 0 Å². The summed E-state index contributed by atoms with van der Waals surface area (Å²) in [4.78, 5) is 27.3. The average Bonchev–Trinajstić information content (AvgIpc) is 3.24.